The van der Waals surface area contributed by atoms with E-state index >= 15 is 0 Å². The van der Waals surface area contributed by atoms with Gasteiger partial charge in [-0.05, 0) is 32.8 Å². The third-order valence-electron chi connectivity index (χ3n) is 4.37. The first kappa shape index (κ1) is 13.2. The van der Waals surface area contributed by atoms with Crippen molar-refractivity contribution in [2.24, 2.45) is 5.92 Å². The summed E-state index contributed by atoms with van der Waals surface area (Å²) in [4.78, 5) is 23.1. The van der Waals surface area contributed by atoms with Crippen LogP contribution in [-0.4, -0.2) is 32.7 Å². The molecule has 22 heavy (non-hydrogen) atoms. The second kappa shape index (κ2) is 4.53. The van der Waals surface area contributed by atoms with E-state index in [4.69, 9.17) is 0 Å². The highest BCUT2D eigenvalue weighted by Gasteiger charge is 2.34. The Bertz CT molecular complexity index is 763. The van der Waals surface area contributed by atoms with E-state index in [-0.39, 0.29) is 17.9 Å². The minimum absolute atomic E-state index is 0.0579. The van der Waals surface area contributed by atoms with Crippen LogP contribution in [0.3, 0.4) is 0 Å². The average Bonchev–Trinajstić information content (AvgIpc) is 3.27. The van der Waals surface area contributed by atoms with Crippen molar-refractivity contribution >= 4 is 17.4 Å². The number of amides is 1. The van der Waals surface area contributed by atoms with Crippen molar-refractivity contribution in [1.82, 2.24) is 19.7 Å². The Morgan fingerprint density at radius 3 is 2.91 bits per heavy atom. The van der Waals surface area contributed by atoms with Gasteiger partial charge in [0, 0.05) is 19.2 Å². The molecule has 1 aliphatic carbocycles. The molecule has 1 saturated carbocycles. The van der Waals surface area contributed by atoms with Gasteiger partial charge in [0.05, 0.1) is 11.7 Å². The highest BCUT2D eigenvalue weighted by molar-refractivity contribution is 5.97. The number of rotatable bonds is 2. The molecular formula is C15H18N6O. The zero-order valence-corrected chi connectivity index (χ0v) is 12.9. The van der Waals surface area contributed by atoms with Crippen LogP contribution in [-0.2, 0) is 4.79 Å². The van der Waals surface area contributed by atoms with Crippen molar-refractivity contribution in [1.29, 1.82) is 0 Å². The Kier molecular flexibility index (Phi) is 2.72. The third-order valence-corrected chi connectivity index (χ3v) is 4.37. The summed E-state index contributed by atoms with van der Waals surface area (Å²) < 4.78 is 1.85. The predicted octanol–water partition coefficient (Wildman–Crippen LogP) is 1.83. The first-order valence-corrected chi connectivity index (χ1v) is 7.53. The molecule has 0 unspecified atom stereocenters. The molecular weight excluding hydrogens is 280 g/mol. The average molecular weight is 298 g/mol. The Labute approximate surface area is 128 Å². The molecule has 1 aliphatic heterocycles. The summed E-state index contributed by atoms with van der Waals surface area (Å²) in [6.45, 7) is 3.96. The van der Waals surface area contributed by atoms with Crippen molar-refractivity contribution in [2.75, 3.05) is 17.3 Å². The van der Waals surface area contributed by atoms with Crippen LogP contribution >= 0.6 is 0 Å². The standard InChI is InChI=1S/C15H18N6O/c1-8-14-17-9(2)19-21(14)11-6-7-16-13(12(11)20(8)3)18-15(22)10-4-5-10/h6-8,10H,4-5H2,1-3H3,(H,16,18,22)/t8-/m0/s1. The maximum absolute atomic E-state index is 12.1. The lowest BCUT2D eigenvalue weighted by Crippen LogP contribution is -2.32. The fourth-order valence-electron chi connectivity index (χ4n) is 2.86. The molecule has 1 N–H and O–H groups in total. The summed E-state index contributed by atoms with van der Waals surface area (Å²) >= 11 is 0. The molecule has 1 fully saturated rings. The van der Waals surface area contributed by atoms with Gasteiger partial charge in [-0.3, -0.25) is 4.79 Å². The van der Waals surface area contributed by atoms with E-state index in [2.05, 4.69) is 32.2 Å². The van der Waals surface area contributed by atoms with Gasteiger partial charge in [0.1, 0.15) is 11.5 Å². The smallest absolute Gasteiger partial charge is 0.228 e. The van der Waals surface area contributed by atoms with E-state index in [1.807, 2.05) is 24.7 Å². The number of hydrogen-bond acceptors (Lipinski definition) is 5. The highest BCUT2D eigenvalue weighted by atomic mass is 16.2. The van der Waals surface area contributed by atoms with Gasteiger partial charge in [-0.2, -0.15) is 5.10 Å². The number of aromatic nitrogens is 4. The topological polar surface area (TPSA) is 75.9 Å². The number of nitrogens with zero attached hydrogens (tertiary/aromatic N) is 5. The molecule has 0 bridgehead atoms. The second-order valence-electron chi connectivity index (χ2n) is 6.01. The van der Waals surface area contributed by atoms with Crippen LogP contribution < -0.4 is 10.2 Å². The van der Waals surface area contributed by atoms with Gasteiger partial charge in [0.2, 0.25) is 5.91 Å². The summed E-state index contributed by atoms with van der Waals surface area (Å²) in [6.07, 6.45) is 3.64. The van der Waals surface area contributed by atoms with Crippen molar-refractivity contribution in [3.8, 4) is 5.69 Å². The van der Waals surface area contributed by atoms with Gasteiger partial charge in [0.25, 0.3) is 0 Å². The maximum atomic E-state index is 12.1. The predicted molar refractivity (Wildman–Crippen MR) is 82.1 cm³/mol. The Morgan fingerprint density at radius 2 is 2.18 bits per heavy atom. The molecule has 7 nitrogen and oxygen atoms in total. The van der Waals surface area contributed by atoms with E-state index in [1.165, 1.54) is 0 Å². The van der Waals surface area contributed by atoms with E-state index in [1.54, 1.807) is 6.20 Å². The lowest BCUT2D eigenvalue weighted by atomic mass is 10.1. The molecule has 0 aromatic carbocycles. The van der Waals surface area contributed by atoms with Crippen molar-refractivity contribution in [3.63, 3.8) is 0 Å². The number of carbonyl (C=O) groups is 1. The molecule has 1 amide bonds. The number of pyridine rings is 1. The normalized spacial score (nSPS) is 19.6. The molecule has 0 saturated heterocycles. The Balaban J connectivity index is 1.83. The molecule has 2 aromatic heterocycles. The van der Waals surface area contributed by atoms with Gasteiger partial charge in [-0.15, -0.1) is 0 Å². The summed E-state index contributed by atoms with van der Waals surface area (Å²) in [5, 5.41) is 7.45. The van der Waals surface area contributed by atoms with Crippen LogP contribution in [0.15, 0.2) is 12.3 Å². The zero-order chi connectivity index (χ0) is 15.4. The highest BCUT2D eigenvalue weighted by Crippen LogP contribution is 2.40. The number of aryl methyl sites for hydroxylation is 1. The molecule has 7 heteroatoms. The molecule has 4 rings (SSSR count). The van der Waals surface area contributed by atoms with E-state index in [0.717, 1.165) is 35.9 Å². The third kappa shape index (κ3) is 1.88. The van der Waals surface area contributed by atoms with Gasteiger partial charge < -0.3 is 10.2 Å². The fourth-order valence-corrected chi connectivity index (χ4v) is 2.86. The Morgan fingerprint density at radius 1 is 1.41 bits per heavy atom. The van der Waals surface area contributed by atoms with Crippen molar-refractivity contribution in [2.45, 2.75) is 32.7 Å². The number of hydrogen-bond donors (Lipinski definition) is 1. The molecule has 2 aliphatic rings. The molecule has 1 atom stereocenters. The van der Waals surface area contributed by atoms with Crippen molar-refractivity contribution < 1.29 is 4.79 Å². The van der Waals surface area contributed by atoms with Gasteiger partial charge in [-0.25, -0.2) is 14.6 Å². The van der Waals surface area contributed by atoms with E-state index in [9.17, 15) is 4.79 Å². The molecule has 114 valence electrons. The molecule has 0 spiro atoms. The SMILES string of the molecule is Cc1nc2n(n1)-c1ccnc(NC(=O)C3CC3)c1N(C)[C@H]2C. The zero-order valence-electron chi connectivity index (χ0n) is 12.9. The molecule has 0 radical (unpaired) electrons. The van der Waals surface area contributed by atoms with Crippen LogP contribution in [0.1, 0.15) is 37.5 Å². The summed E-state index contributed by atoms with van der Waals surface area (Å²) in [6, 6.07) is 1.97. The number of carbonyl (C=O) groups excluding carboxylic acids is 1. The fraction of sp³-hybridized carbons (Fsp3) is 0.467. The second-order valence-corrected chi connectivity index (χ2v) is 6.01. The largest absolute Gasteiger partial charge is 0.360 e. The van der Waals surface area contributed by atoms with Crippen LogP contribution in [0, 0.1) is 12.8 Å². The van der Waals surface area contributed by atoms with Gasteiger partial charge in [-0.1, -0.05) is 0 Å². The minimum atomic E-state index is 0.0579. The minimum Gasteiger partial charge on any atom is -0.360 e. The number of fused-ring (bicyclic) bond motifs is 3. The number of nitrogens with one attached hydrogen (secondary N) is 1. The summed E-state index contributed by atoms with van der Waals surface area (Å²) in [7, 11) is 1.99. The Hall–Kier alpha value is -2.44. The van der Waals surface area contributed by atoms with Crippen LogP contribution in [0.2, 0.25) is 0 Å². The van der Waals surface area contributed by atoms with Crippen molar-refractivity contribution in [3.05, 3.63) is 23.9 Å². The van der Waals surface area contributed by atoms with Gasteiger partial charge in [0.15, 0.2) is 11.6 Å². The van der Waals surface area contributed by atoms with Crippen LogP contribution in [0.5, 0.6) is 0 Å². The summed E-state index contributed by atoms with van der Waals surface area (Å²) in [5.41, 5.74) is 1.79. The number of anilines is 2. The van der Waals surface area contributed by atoms with Crippen LogP contribution in [0.25, 0.3) is 5.69 Å². The van der Waals surface area contributed by atoms with E-state index < -0.39 is 0 Å². The first-order valence-electron chi connectivity index (χ1n) is 7.53. The molecule has 3 heterocycles. The maximum Gasteiger partial charge on any atom is 0.228 e. The van der Waals surface area contributed by atoms with E-state index in [0.29, 0.717) is 5.82 Å². The summed E-state index contributed by atoms with van der Waals surface area (Å²) in [5.74, 6) is 2.44. The molecule has 2 aromatic rings. The van der Waals surface area contributed by atoms with Crippen LogP contribution in [0.4, 0.5) is 11.5 Å². The monoisotopic (exact) mass is 298 g/mol. The lowest BCUT2D eigenvalue weighted by molar-refractivity contribution is -0.117. The first-order chi connectivity index (χ1) is 10.6. The quantitative estimate of drug-likeness (QED) is 0.915. The lowest BCUT2D eigenvalue weighted by Gasteiger charge is -2.34. The van der Waals surface area contributed by atoms with Gasteiger partial charge >= 0.3 is 0 Å².